The molecule has 180 valence electrons. The normalized spacial score (nSPS) is 10.9. The summed E-state index contributed by atoms with van der Waals surface area (Å²) in [6.07, 6.45) is 0.845. The van der Waals surface area contributed by atoms with Gasteiger partial charge in [-0.25, -0.2) is 9.48 Å². The molecule has 0 atom stereocenters. The minimum atomic E-state index is -0.501. The molecular formula is C26H26N4O5. The first-order valence-electron chi connectivity index (χ1n) is 11.1. The van der Waals surface area contributed by atoms with Crippen LogP contribution < -0.4 is 0 Å². The Kier molecular flexibility index (Phi) is 7.05. The lowest BCUT2D eigenvalue weighted by Crippen LogP contribution is -2.06. The monoisotopic (exact) mass is 474 g/mol. The molecule has 0 saturated heterocycles. The Bertz CT molecular complexity index is 1340. The fourth-order valence-electron chi connectivity index (χ4n) is 3.70. The molecule has 0 unspecified atom stereocenters. The summed E-state index contributed by atoms with van der Waals surface area (Å²) in [4.78, 5) is 28.3. The molecule has 0 spiro atoms. The maximum atomic E-state index is 12.5. The summed E-state index contributed by atoms with van der Waals surface area (Å²) < 4.78 is 17.1. The van der Waals surface area contributed by atoms with E-state index in [2.05, 4.69) is 15.2 Å². The van der Waals surface area contributed by atoms with Gasteiger partial charge in [0, 0.05) is 17.7 Å². The van der Waals surface area contributed by atoms with Crippen molar-refractivity contribution in [2.75, 3.05) is 7.11 Å². The Labute approximate surface area is 202 Å². The number of ether oxygens (including phenoxy) is 2. The summed E-state index contributed by atoms with van der Waals surface area (Å²) in [5, 5.41) is 8.53. The molecule has 0 fully saturated rings. The Balaban J connectivity index is 1.39. The van der Waals surface area contributed by atoms with Crippen LogP contribution in [0.3, 0.4) is 0 Å². The van der Waals surface area contributed by atoms with Gasteiger partial charge in [-0.05, 0) is 57.0 Å². The second kappa shape index (κ2) is 10.3. The second-order valence-electron chi connectivity index (χ2n) is 8.14. The summed E-state index contributed by atoms with van der Waals surface area (Å²) in [5.74, 6) is -0.103. The topological polar surface area (TPSA) is 109 Å². The highest BCUT2D eigenvalue weighted by atomic mass is 16.6. The zero-order valence-electron chi connectivity index (χ0n) is 20.1. The molecule has 0 aliphatic carbocycles. The lowest BCUT2D eigenvalue weighted by molar-refractivity contribution is -0.140. The lowest BCUT2D eigenvalue weighted by atomic mass is 10.1. The maximum Gasteiger partial charge on any atom is 0.338 e. The Morgan fingerprint density at radius 1 is 1.00 bits per heavy atom. The minimum absolute atomic E-state index is 0.125. The van der Waals surface area contributed by atoms with E-state index in [0.29, 0.717) is 24.2 Å². The van der Waals surface area contributed by atoms with Gasteiger partial charge in [0.15, 0.2) is 6.61 Å². The van der Waals surface area contributed by atoms with Gasteiger partial charge in [0.2, 0.25) is 5.82 Å². The van der Waals surface area contributed by atoms with Crippen molar-refractivity contribution in [1.29, 1.82) is 0 Å². The predicted molar refractivity (Wildman–Crippen MR) is 127 cm³/mol. The van der Waals surface area contributed by atoms with Gasteiger partial charge in [-0.2, -0.15) is 10.1 Å². The highest BCUT2D eigenvalue weighted by Gasteiger charge is 2.16. The lowest BCUT2D eigenvalue weighted by Gasteiger charge is -2.07. The Hall–Kier alpha value is -4.27. The zero-order valence-corrected chi connectivity index (χ0v) is 20.1. The average Bonchev–Trinajstić information content (AvgIpc) is 3.45. The van der Waals surface area contributed by atoms with Gasteiger partial charge in [-0.15, -0.1) is 0 Å². The summed E-state index contributed by atoms with van der Waals surface area (Å²) in [6, 6.07) is 14.7. The summed E-state index contributed by atoms with van der Waals surface area (Å²) in [7, 11) is 1.38. The summed E-state index contributed by atoms with van der Waals surface area (Å²) in [6.45, 7) is 5.73. The van der Waals surface area contributed by atoms with Crippen molar-refractivity contribution in [1.82, 2.24) is 19.9 Å². The number of nitrogens with zero attached hydrogens (tertiary/aromatic N) is 4. The first-order valence-corrected chi connectivity index (χ1v) is 11.1. The first-order chi connectivity index (χ1) is 16.9. The van der Waals surface area contributed by atoms with Crippen molar-refractivity contribution < 1.29 is 23.6 Å². The largest absolute Gasteiger partial charge is 0.469 e. The van der Waals surface area contributed by atoms with Crippen molar-refractivity contribution in [2.24, 2.45) is 0 Å². The van der Waals surface area contributed by atoms with Crippen LogP contribution in [0.2, 0.25) is 0 Å². The quantitative estimate of drug-likeness (QED) is 0.348. The second-order valence-corrected chi connectivity index (χ2v) is 8.14. The maximum absolute atomic E-state index is 12.5. The van der Waals surface area contributed by atoms with E-state index >= 15 is 0 Å². The number of methoxy groups -OCH3 is 1. The van der Waals surface area contributed by atoms with Crippen LogP contribution >= 0.6 is 0 Å². The van der Waals surface area contributed by atoms with Crippen molar-refractivity contribution in [3.05, 3.63) is 82.5 Å². The molecule has 0 N–H and O–H groups in total. The van der Waals surface area contributed by atoms with Gasteiger partial charge in [-0.3, -0.25) is 4.79 Å². The molecule has 2 aromatic heterocycles. The molecular weight excluding hydrogens is 448 g/mol. The van der Waals surface area contributed by atoms with Crippen LogP contribution in [0.4, 0.5) is 0 Å². The molecule has 0 saturated carbocycles. The van der Waals surface area contributed by atoms with E-state index < -0.39 is 5.97 Å². The smallest absolute Gasteiger partial charge is 0.338 e. The number of carbonyl (C=O) groups is 2. The van der Waals surface area contributed by atoms with Crippen molar-refractivity contribution in [2.45, 2.75) is 40.2 Å². The molecule has 0 aliphatic rings. The van der Waals surface area contributed by atoms with Crippen molar-refractivity contribution in [3.8, 4) is 17.1 Å². The average molecular weight is 475 g/mol. The molecule has 4 aromatic rings. The summed E-state index contributed by atoms with van der Waals surface area (Å²) in [5.41, 5.74) is 5.93. The van der Waals surface area contributed by atoms with Crippen molar-refractivity contribution in [3.63, 3.8) is 0 Å². The van der Waals surface area contributed by atoms with E-state index in [1.807, 2.05) is 45.0 Å². The van der Waals surface area contributed by atoms with Crippen LogP contribution in [0.15, 0.2) is 53.1 Å². The molecule has 0 aliphatic heterocycles. The summed E-state index contributed by atoms with van der Waals surface area (Å²) >= 11 is 0. The SMILES string of the molecule is COC(=O)CCc1c(C)nn(-c2ccc(C(=O)OCc3nc(-c4ccc(C)cc4)no3)cc2)c1C. The first kappa shape index (κ1) is 23.9. The highest BCUT2D eigenvalue weighted by molar-refractivity contribution is 5.89. The molecule has 0 bridgehead atoms. The van der Waals surface area contributed by atoms with Crippen LogP contribution in [0, 0.1) is 20.8 Å². The number of aryl methyl sites for hydroxylation is 2. The molecule has 2 heterocycles. The zero-order chi connectivity index (χ0) is 24.9. The predicted octanol–water partition coefficient (Wildman–Crippen LogP) is 4.31. The fraction of sp³-hybridized carbons (Fsp3) is 0.269. The molecule has 35 heavy (non-hydrogen) atoms. The number of aromatic nitrogens is 4. The van der Waals surface area contributed by atoms with Gasteiger partial charge in [-0.1, -0.05) is 35.0 Å². The number of rotatable bonds is 8. The molecule has 2 aromatic carbocycles. The van der Waals surface area contributed by atoms with Crippen LogP contribution in [0.1, 0.15) is 45.2 Å². The van der Waals surface area contributed by atoms with E-state index in [1.165, 1.54) is 7.11 Å². The van der Waals surface area contributed by atoms with Gasteiger partial charge in [0.05, 0.1) is 24.1 Å². The van der Waals surface area contributed by atoms with E-state index in [-0.39, 0.29) is 18.5 Å². The highest BCUT2D eigenvalue weighted by Crippen LogP contribution is 2.21. The van der Waals surface area contributed by atoms with E-state index in [4.69, 9.17) is 14.0 Å². The standard InChI is InChI=1S/C26H26N4O5/c1-16-5-7-19(8-6-16)25-27-23(35-29-25)15-34-26(32)20-9-11-21(12-10-20)30-18(3)22(17(2)28-30)13-14-24(31)33-4/h5-12H,13-15H2,1-4H3. The number of hydrogen-bond donors (Lipinski definition) is 0. The van der Waals surface area contributed by atoms with Crippen molar-refractivity contribution >= 4 is 11.9 Å². The van der Waals surface area contributed by atoms with Crippen LogP contribution in [-0.2, 0) is 27.3 Å². The Morgan fingerprint density at radius 2 is 1.71 bits per heavy atom. The van der Waals surface area contributed by atoms with Gasteiger partial charge in [0.25, 0.3) is 5.89 Å². The molecule has 9 nitrogen and oxygen atoms in total. The third kappa shape index (κ3) is 5.46. The van der Waals surface area contributed by atoms with E-state index in [9.17, 15) is 9.59 Å². The third-order valence-electron chi connectivity index (χ3n) is 5.70. The minimum Gasteiger partial charge on any atom is -0.469 e. The molecule has 0 amide bonds. The number of benzene rings is 2. The van der Waals surface area contributed by atoms with Gasteiger partial charge in [0.1, 0.15) is 0 Å². The van der Waals surface area contributed by atoms with Crippen LogP contribution in [0.25, 0.3) is 17.1 Å². The van der Waals surface area contributed by atoms with Gasteiger partial charge < -0.3 is 14.0 Å². The van der Waals surface area contributed by atoms with Crippen LogP contribution in [-0.4, -0.2) is 39.0 Å². The number of esters is 2. The fourth-order valence-corrected chi connectivity index (χ4v) is 3.70. The van der Waals surface area contributed by atoms with Crippen LogP contribution in [0.5, 0.6) is 0 Å². The number of carbonyl (C=O) groups excluding carboxylic acids is 2. The molecule has 9 heteroatoms. The Morgan fingerprint density at radius 3 is 2.40 bits per heavy atom. The molecule has 4 rings (SSSR count). The third-order valence-corrected chi connectivity index (χ3v) is 5.70. The number of hydrogen-bond acceptors (Lipinski definition) is 8. The van der Waals surface area contributed by atoms with Gasteiger partial charge >= 0.3 is 11.9 Å². The molecule has 0 radical (unpaired) electrons. The van der Waals surface area contributed by atoms with E-state index in [1.54, 1.807) is 28.9 Å². The van der Waals surface area contributed by atoms with E-state index in [0.717, 1.165) is 33.8 Å².